The molecule has 0 fully saturated rings. The van der Waals surface area contributed by atoms with E-state index in [4.69, 9.17) is 0 Å². The standard InChI is InChI=1S/C19H20F3N3O5S2/c20-19(21,22)30-15-8-10-16(11-9-15)31(26,27)24-14-5-4-6-17(13-14)32(28,29)25-18-7-2-1-3-12-23-18/h4-6,8-11,13,24H,1-3,7,12H2,(H,23,25). The maximum atomic E-state index is 12.7. The second-order valence-corrected chi connectivity index (χ2v) is 10.3. The predicted molar refractivity (Wildman–Crippen MR) is 111 cm³/mol. The molecule has 3 rings (SSSR count). The normalized spacial score (nSPS) is 15.4. The number of hydrogen-bond donors (Lipinski definition) is 2. The van der Waals surface area contributed by atoms with E-state index in [1.54, 1.807) is 0 Å². The lowest BCUT2D eigenvalue weighted by Crippen LogP contribution is -2.30. The summed E-state index contributed by atoms with van der Waals surface area (Å²) in [4.78, 5) is 3.72. The van der Waals surface area contributed by atoms with Crippen LogP contribution >= 0.6 is 0 Å². The number of aliphatic imine (C=N–C) groups is 1. The van der Waals surface area contributed by atoms with Crippen LogP contribution in [0.3, 0.4) is 0 Å². The van der Waals surface area contributed by atoms with Crippen molar-refractivity contribution in [1.29, 1.82) is 0 Å². The summed E-state index contributed by atoms with van der Waals surface area (Å²) in [6.07, 6.45) is -1.75. The second-order valence-electron chi connectivity index (χ2n) is 6.90. The van der Waals surface area contributed by atoms with Gasteiger partial charge in [0.05, 0.1) is 15.5 Å². The fourth-order valence-corrected chi connectivity index (χ4v) is 5.12. The van der Waals surface area contributed by atoms with Gasteiger partial charge < -0.3 is 4.74 Å². The lowest BCUT2D eigenvalue weighted by Gasteiger charge is -2.13. The first-order valence-electron chi connectivity index (χ1n) is 9.49. The Bertz CT molecular complexity index is 1200. The number of halogens is 3. The number of ether oxygens (including phenoxy) is 1. The van der Waals surface area contributed by atoms with Crippen LogP contribution in [0, 0.1) is 0 Å². The van der Waals surface area contributed by atoms with E-state index >= 15 is 0 Å². The number of anilines is 1. The van der Waals surface area contributed by atoms with Gasteiger partial charge in [0.15, 0.2) is 0 Å². The minimum Gasteiger partial charge on any atom is -0.406 e. The summed E-state index contributed by atoms with van der Waals surface area (Å²) in [5.74, 6) is -0.216. The molecule has 1 aliphatic rings. The van der Waals surface area contributed by atoms with E-state index < -0.39 is 32.2 Å². The summed E-state index contributed by atoms with van der Waals surface area (Å²) in [5, 5.41) is 0. The third-order valence-corrected chi connectivity index (χ3v) is 7.17. The molecule has 2 aromatic carbocycles. The van der Waals surface area contributed by atoms with Gasteiger partial charge in [-0.05, 0) is 55.3 Å². The van der Waals surface area contributed by atoms with Crippen molar-refractivity contribution in [3.05, 3.63) is 48.5 Å². The van der Waals surface area contributed by atoms with E-state index in [-0.39, 0.29) is 15.5 Å². The van der Waals surface area contributed by atoms with Crippen molar-refractivity contribution in [2.45, 2.75) is 41.8 Å². The molecule has 0 aliphatic carbocycles. The van der Waals surface area contributed by atoms with Crippen LogP contribution in [0.25, 0.3) is 0 Å². The molecular weight excluding hydrogens is 471 g/mol. The van der Waals surface area contributed by atoms with Crippen molar-refractivity contribution < 1.29 is 34.7 Å². The highest BCUT2D eigenvalue weighted by molar-refractivity contribution is 7.92. The van der Waals surface area contributed by atoms with Gasteiger partial charge in [-0.3, -0.25) is 14.4 Å². The Hall–Kier alpha value is -2.80. The quantitative estimate of drug-likeness (QED) is 0.641. The Morgan fingerprint density at radius 2 is 1.53 bits per heavy atom. The van der Waals surface area contributed by atoms with Gasteiger partial charge >= 0.3 is 6.36 Å². The van der Waals surface area contributed by atoms with Crippen LogP contribution in [0.15, 0.2) is 63.3 Å². The summed E-state index contributed by atoms with van der Waals surface area (Å²) in [7, 11) is -8.17. The van der Waals surface area contributed by atoms with Gasteiger partial charge in [-0.15, -0.1) is 13.2 Å². The largest absolute Gasteiger partial charge is 0.573 e. The summed E-state index contributed by atoms with van der Waals surface area (Å²) in [6, 6.07) is 8.76. The van der Waals surface area contributed by atoms with Crippen molar-refractivity contribution in [2.75, 3.05) is 11.3 Å². The Balaban J connectivity index is 1.76. The Morgan fingerprint density at radius 1 is 0.844 bits per heavy atom. The van der Waals surface area contributed by atoms with Crippen LogP contribution < -0.4 is 14.2 Å². The zero-order valence-electron chi connectivity index (χ0n) is 16.6. The van der Waals surface area contributed by atoms with Crippen LogP contribution in [-0.2, 0) is 20.0 Å². The van der Waals surface area contributed by atoms with Crippen LogP contribution in [0.1, 0.15) is 25.7 Å². The van der Waals surface area contributed by atoms with E-state index in [2.05, 4.69) is 19.2 Å². The molecule has 0 spiro atoms. The van der Waals surface area contributed by atoms with Gasteiger partial charge in [0, 0.05) is 13.0 Å². The van der Waals surface area contributed by atoms with Crippen LogP contribution in [0.2, 0.25) is 0 Å². The number of alkyl halides is 3. The zero-order valence-corrected chi connectivity index (χ0v) is 18.2. The van der Waals surface area contributed by atoms with Crippen molar-refractivity contribution in [3.8, 4) is 5.75 Å². The number of nitrogens with one attached hydrogen (secondary N) is 2. The van der Waals surface area contributed by atoms with E-state index in [0.717, 1.165) is 49.6 Å². The highest BCUT2D eigenvalue weighted by atomic mass is 32.2. The molecule has 0 aromatic heterocycles. The minimum atomic E-state index is -4.90. The molecule has 1 heterocycles. The first-order valence-corrected chi connectivity index (χ1v) is 12.5. The minimum absolute atomic E-state index is 0.0358. The molecule has 13 heteroatoms. The monoisotopic (exact) mass is 491 g/mol. The highest BCUT2D eigenvalue weighted by Gasteiger charge is 2.31. The SMILES string of the molecule is O=S(=O)(NC1=NCCCCC1)c1cccc(NS(=O)(=O)c2ccc(OC(F)(F)F)cc2)c1. The Morgan fingerprint density at radius 3 is 2.22 bits per heavy atom. The Kier molecular flexibility index (Phi) is 6.98. The molecule has 8 nitrogen and oxygen atoms in total. The van der Waals surface area contributed by atoms with Crippen molar-refractivity contribution in [3.63, 3.8) is 0 Å². The van der Waals surface area contributed by atoms with Gasteiger partial charge in [-0.1, -0.05) is 12.5 Å². The fraction of sp³-hybridized carbons (Fsp3) is 0.316. The number of benzene rings is 2. The molecule has 0 amide bonds. The second kappa shape index (κ2) is 9.36. The lowest BCUT2D eigenvalue weighted by molar-refractivity contribution is -0.274. The van der Waals surface area contributed by atoms with E-state index in [1.165, 1.54) is 18.2 Å². The highest BCUT2D eigenvalue weighted by Crippen LogP contribution is 2.25. The van der Waals surface area contributed by atoms with Crippen LogP contribution in [-0.4, -0.2) is 35.6 Å². The molecule has 0 bridgehead atoms. The molecule has 174 valence electrons. The van der Waals surface area contributed by atoms with Crippen LogP contribution in [0.4, 0.5) is 18.9 Å². The third-order valence-electron chi connectivity index (χ3n) is 4.39. The summed E-state index contributed by atoms with van der Waals surface area (Å²) < 4.78 is 95.6. The number of nitrogens with zero attached hydrogens (tertiary/aromatic N) is 1. The van der Waals surface area contributed by atoms with Crippen molar-refractivity contribution >= 4 is 31.6 Å². The van der Waals surface area contributed by atoms with Gasteiger partial charge in [0.2, 0.25) is 0 Å². The molecular formula is C19H20F3N3O5S2. The molecule has 0 saturated heterocycles. The molecule has 2 aromatic rings. The number of hydrogen-bond acceptors (Lipinski definition) is 6. The maximum Gasteiger partial charge on any atom is 0.573 e. The molecule has 1 aliphatic heterocycles. The van der Waals surface area contributed by atoms with Gasteiger partial charge in [-0.25, -0.2) is 16.8 Å². The fourth-order valence-electron chi connectivity index (χ4n) is 2.93. The average Bonchev–Trinajstić information content (AvgIpc) is 2.95. The molecule has 32 heavy (non-hydrogen) atoms. The lowest BCUT2D eigenvalue weighted by atomic mass is 10.2. The average molecular weight is 492 g/mol. The smallest absolute Gasteiger partial charge is 0.406 e. The summed E-state index contributed by atoms with van der Waals surface area (Å²) in [6.45, 7) is 0.532. The van der Waals surface area contributed by atoms with Crippen molar-refractivity contribution in [1.82, 2.24) is 4.72 Å². The van der Waals surface area contributed by atoms with Crippen molar-refractivity contribution in [2.24, 2.45) is 4.99 Å². The first kappa shape index (κ1) is 23.9. The predicted octanol–water partition coefficient (Wildman–Crippen LogP) is 3.64. The number of rotatable bonds is 6. The molecule has 2 N–H and O–H groups in total. The molecule has 0 saturated carbocycles. The van der Waals surface area contributed by atoms with Gasteiger partial charge in [-0.2, -0.15) is 0 Å². The van der Waals surface area contributed by atoms with E-state index in [1.807, 2.05) is 0 Å². The maximum absolute atomic E-state index is 12.7. The molecule has 0 unspecified atom stereocenters. The third kappa shape index (κ3) is 6.60. The summed E-state index contributed by atoms with van der Waals surface area (Å²) >= 11 is 0. The molecule has 0 atom stereocenters. The summed E-state index contributed by atoms with van der Waals surface area (Å²) in [5.41, 5.74) is -0.0358. The number of amidine groups is 1. The van der Waals surface area contributed by atoms with E-state index in [9.17, 15) is 30.0 Å². The van der Waals surface area contributed by atoms with E-state index in [0.29, 0.717) is 18.8 Å². The van der Waals surface area contributed by atoms with Gasteiger partial charge in [0.25, 0.3) is 20.0 Å². The zero-order chi connectivity index (χ0) is 23.4. The van der Waals surface area contributed by atoms with Crippen LogP contribution in [0.5, 0.6) is 5.75 Å². The molecule has 0 radical (unpaired) electrons. The number of sulfonamides is 2. The first-order chi connectivity index (χ1) is 14.9. The topological polar surface area (TPSA) is 114 Å². The van der Waals surface area contributed by atoms with Gasteiger partial charge in [0.1, 0.15) is 11.6 Å². The Labute approximate surface area is 183 Å².